The molecule has 116 valence electrons. The molecule has 0 saturated carbocycles. The van der Waals surface area contributed by atoms with E-state index < -0.39 is 5.97 Å². The van der Waals surface area contributed by atoms with Gasteiger partial charge in [-0.25, -0.2) is 4.79 Å². The first-order valence-corrected chi connectivity index (χ1v) is 7.60. The first-order chi connectivity index (χ1) is 9.91. The van der Waals surface area contributed by atoms with Gasteiger partial charge >= 0.3 is 5.97 Å². The van der Waals surface area contributed by atoms with Gasteiger partial charge < -0.3 is 9.67 Å². The molecule has 1 fully saturated rings. The third kappa shape index (κ3) is 3.35. The molecule has 1 N–H and O–H groups in total. The van der Waals surface area contributed by atoms with E-state index in [1.54, 1.807) is 18.4 Å². The highest BCUT2D eigenvalue weighted by Crippen LogP contribution is 2.15. The van der Waals surface area contributed by atoms with Crippen LogP contribution in [0.4, 0.5) is 0 Å². The fraction of sp³-hybridized carbons (Fsp3) is 0.625. The predicted octanol–water partition coefficient (Wildman–Crippen LogP) is 2.04. The lowest BCUT2D eigenvalue weighted by Crippen LogP contribution is -2.42. The molecule has 0 aliphatic carbocycles. The van der Waals surface area contributed by atoms with Gasteiger partial charge in [0, 0.05) is 24.3 Å². The lowest BCUT2D eigenvalue weighted by atomic mass is 10.1. The Morgan fingerprint density at radius 1 is 1.29 bits per heavy atom. The number of carboxylic acids is 1. The summed E-state index contributed by atoms with van der Waals surface area (Å²) in [6.45, 7) is 8.18. The van der Waals surface area contributed by atoms with Gasteiger partial charge in [0.2, 0.25) is 0 Å². The van der Waals surface area contributed by atoms with E-state index in [1.807, 2.05) is 0 Å². The number of carbonyl (C=O) groups is 1. The number of hydrogen-bond donors (Lipinski definition) is 1. The summed E-state index contributed by atoms with van der Waals surface area (Å²) in [5, 5.41) is 9.32. The molecule has 1 aromatic heterocycles. The van der Waals surface area contributed by atoms with E-state index in [2.05, 4.69) is 11.8 Å². The molecule has 1 aliphatic heterocycles. The Labute approximate surface area is 125 Å². The molecule has 1 unspecified atom stereocenters. The van der Waals surface area contributed by atoms with Gasteiger partial charge in [-0.1, -0.05) is 6.42 Å². The van der Waals surface area contributed by atoms with Gasteiger partial charge in [-0.05, 0) is 52.3 Å². The quantitative estimate of drug-likeness (QED) is 0.922. The zero-order valence-electron chi connectivity index (χ0n) is 13.1. The zero-order valence-corrected chi connectivity index (χ0v) is 13.1. The van der Waals surface area contributed by atoms with Gasteiger partial charge in [0.05, 0.1) is 5.56 Å². The highest BCUT2D eigenvalue weighted by atomic mass is 16.4. The second kappa shape index (κ2) is 6.43. The van der Waals surface area contributed by atoms with Crippen LogP contribution in [0.5, 0.6) is 0 Å². The number of nitrogens with zero attached hydrogens (tertiary/aromatic N) is 2. The van der Waals surface area contributed by atoms with E-state index in [4.69, 9.17) is 0 Å². The van der Waals surface area contributed by atoms with Crippen LogP contribution in [-0.2, 0) is 6.54 Å². The molecule has 0 amide bonds. The summed E-state index contributed by atoms with van der Waals surface area (Å²) in [6, 6.07) is 1.67. The summed E-state index contributed by atoms with van der Waals surface area (Å²) >= 11 is 0. The molecule has 0 spiro atoms. The Morgan fingerprint density at radius 3 is 2.48 bits per heavy atom. The molecule has 1 saturated heterocycles. The molecule has 2 rings (SSSR count). The molecule has 21 heavy (non-hydrogen) atoms. The second-order valence-corrected chi connectivity index (χ2v) is 5.99. The minimum Gasteiger partial charge on any atom is -0.478 e. The van der Waals surface area contributed by atoms with Crippen molar-refractivity contribution in [3.63, 3.8) is 0 Å². The van der Waals surface area contributed by atoms with Crippen LogP contribution in [0.25, 0.3) is 0 Å². The number of likely N-dealkylation sites (tertiary alicyclic amines) is 1. The van der Waals surface area contributed by atoms with Crippen LogP contribution >= 0.6 is 0 Å². The average molecular weight is 292 g/mol. The molecular weight excluding hydrogens is 268 g/mol. The molecule has 0 bridgehead atoms. The number of rotatable bonds is 4. The molecule has 1 aliphatic rings. The molecule has 1 aromatic rings. The number of piperidine rings is 1. The van der Waals surface area contributed by atoms with Crippen molar-refractivity contribution in [1.29, 1.82) is 0 Å². The molecule has 5 heteroatoms. The van der Waals surface area contributed by atoms with Gasteiger partial charge in [-0.2, -0.15) is 0 Å². The Morgan fingerprint density at radius 2 is 1.90 bits per heavy atom. The number of aromatic carboxylic acids is 1. The largest absolute Gasteiger partial charge is 0.478 e. The molecular formula is C16H24N2O3. The van der Waals surface area contributed by atoms with Gasteiger partial charge in [0.1, 0.15) is 0 Å². The van der Waals surface area contributed by atoms with E-state index in [0.29, 0.717) is 17.8 Å². The van der Waals surface area contributed by atoms with Crippen LogP contribution in [0.2, 0.25) is 0 Å². The lowest BCUT2D eigenvalue weighted by Gasteiger charge is -2.33. The third-order valence-corrected chi connectivity index (χ3v) is 4.44. The molecule has 2 heterocycles. The number of aryl methyl sites for hydroxylation is 1. The van der Waals surface area contributed by atoms with Gasteiger partial charge in [-0.15, -0.1) is 0 Å². The first kappa shape index (κ1) is 15.8. The highest BCUT2D eigenvalue weighted by Gasteiger charge is 2.20. The van der Waals surface area contributed by atoms with Gasteiger partial charge in [0.15, 0.2) is 0 Å². The van der Waals surface area contributed by atoms with Crippen LogP contribution in [0.1, 0.15) is 47.8 Å². The fourth-order valence-corrected chi connectivity index (χ4v) is 3.21. The standard InChI is InChI=1S/C16H24N2O3/c1-11-9-14(19)18(13(3)15(11)16(20)21)10-12(2)17-7-5-4-6-8-17/h9,12H,4-8,10H2,1-3H3,(H,20,21). The minimum absolute atomic E-state index is 0.112. The fourth-order valence-electron chi connectivity index (χ4n) is 3.21. The zero-order chi connectivity index (χ0) is 15.6. The second-order valence-electron chi connectivity index (χ2n) is 5.99. The van der Waals surface area contributed by atoms with E-state index >= 15 is 0 Å². The summed E-state index contributed by atoms with van der Waals surface area (Å²) in [6.07, 6.45) is 3.68. The summed E-state index contributed by atoms with van der Waals surface area (Å²) in [4.78, 5) is 26.0. The van der Waals surface area contributed by atoms with Crippen molar-refractivity contribution in [1.82, 2.24) is 9.47 Å². The van der Waals surface area contributed by atoms with Crippen molar-refractivity contribution < 1.29 is 9.90 Å². The maximum Gasteiger partial charge on any atom is 0.337 e. The van der Waals surface area contributed by atoms with Crippen molar-refractivity contribution in [3.05, 3.63) is 33.2 Å². The SMILES string of the molecule is Cc1cc(=O)n(CC(C)N2CCCCC2)c(C)c1C(=O)O. The van der Waals surface area contributed by atoms with Crippen LogP contribution < -0.4 is 5.56 Å². The summed E-state index contributed by atoms with van der Waals surface area (Å²) in [5.41, 5.74) is 1.22. The van der Waals surface area contributed by atoms with Crippen LogP contribution in [0.3, 0.4) is 0 Å². The summed E-state index contributed by atoms with van der Waals surface area (Å²) in [7, 11) is 0. The highest BCUT2D eigenvalue weighted by molar-refractivity contribution is 5.90. The van der Waals surface area contributed by atoms with Crippen molar-refractivity contribution in [2.75, 3.05) is 13.1 Å². The molecule has 0 aromatic carbocycles. The van der Waals surface area contributed by atoms with E-state index in [9.17, 15) is 14.7 Å². The third-order valence-electron chi connectivity index (χ3n) is 4.44. The monoisotopic (exact) mass is 292 g/mol. The minimum atomic E-state index is -0.968. The Kier molecular flexibility index (Phi) is 4.83. The summed E-state index contributed by atoms with van der Waals surface area (Å²) in [5.74, 6) is -0.968. The maximum atomic E-state index is 12.2. The summed E-state index contributed by atoms with van der Waals surface area (Å²) < 4.78 is 1.61. The normalized spacial score (nSPS) is 17.7. The van der Waals surface area contributed by atoms with Crippen molar-refractivity contribution in [2.45, 2.75) is 52.6 Å². The van der Waals surface area contributed by atoms with E-state index in [0.717, 1.165) is 13.1 Å². The maximum absolute atomic E-state index is 12.2. The van der Waals surface area contributed by atoms with E-state index in [-0.39, 0.29) is 17.2 Å². The Bertz CT molecular complexity index is 586. The average Bonchev–Trinajstić information content (AvgIpc) is 2.43. The van der Waals surface area contributed by atoms with Crippen molar-refractivity contribution in [3.8, 4) is 0 Å². The smallest absolute Gasteiger partial charge is 0.337 e. The number of aromatic nitrogens is 1. The van der Waals surface area contributed by atoms with Gasteiger partial charge in [-0.3, -0.25) is 9.69 Å². The van der Waals surface area contributed by atoms with E-state index in [1.165, 1.54) is 25.3 Å². The number of pyridine rings is 1. The molecule has 0 radical (unpaired) electrons. The molecule has 5 nitrogen and oxygen atoms in total. The number of hydrogen-bond acceptors (Lipinski definition) is 3. The van der Waals surface area contributed by atoms with Crippen LogP contribution in [0.15, 0.2) is 10.9 Å². The predicted molar refractivity (Wildman–Crippen MR) is 82.0 cm³/mol. The topological polar surface area (TPSA) is 62.5 Å². The molecule has 1 atom stereocenters. The number of carboxylic acid groups (broad SMARTS) is 1. The Hall–Kier alpha value is -1.62. The van der Waals surface area contributed by atoms with Crippen LogP contribution in [-0.4, -0.2) is 39.7 Å². The van der Waals surface area contributed by atoms with Crippen molar-refractivity contribution >= 4 is 5.97 Å². The Balaban J connectivity index is 2.29. The lowest BCUT2D eigenvalue weighted by molar-refractivity contribution is 0.0693. The van der Waals surface area contributed by atoms with Crippen molar-refractivity contribution in [2.24, 2.45) is 0 Å². The first-order valence-electron chi connectivity index (χ1n) is 7.60. The van der Waals surface area contributed by atoms with Gasteiger partial charge in [0.25, 0.3) is 5.56 Å². The van der Waals surface area contributed by atoms with Crippen LogP contribution in [0, 0.1) is 13.8 Å².